The molecule has 0 fully saturated rings. The minimum Gasteiger partial charge on any atom is -0.506 e. The summed E-state index contributed by atoms with van der Waals surface area (Å²) in [6.07, 6.45) is 4.90. The van der Waals surface area contributed by atoms with E-state index in [1.165, 1.54) is 12.4 Å². The molecule has 0 saturated heterocycles. The lowest BCUT2D eigenvalue weighted by Crippen LogP contribution is -2.00. The van der Waals surface area contributed by atoms with Crippen molar-refractivity contribution >= 4 is 34.0 Å². The van der Waals surface area contributed by atoms with Crippen molar-refractivity contribution in [2.24, 2.45) is 0 Å². The van der Waals surface area contributed by atoms with Gasteiger partial charge in [0.1, 0.15) is 29.5 Å². The second-order valence-electron chi connectivity index (χ2n) is 6.16. The van der Waals surface area contributed by atoms with Gasteiger partial charge in [0.25, 0.3) is 0 Å². The molecule has 0 aliphatic rings. The molecular formula is C21H17ClN4O3. The molecule has 0 unspecified atom stereocenters. The maximum atomic E-state index is 9.82. The van der Waals surface area contributed by atoms with E-state index in [4.69, 9.17) is 21.1 Å². The Morgan fingerprint density at radius 1 is 1.10 bits per heavy atom. The Labute approximate surface area is 171 Å². The average molecular weight is 409 g/mol. The van der Waals surface area contributed by atoms with E-state index in [9.17, 15) is 5.11 Å². The van der Waals surface area contributed by atoms with Gasteiger partial charge in [0.15, 0.2) is 11.5 Å². The lowest BCUT2D eigenvalue weighted by atomic mass is 10.2. The summed E-state index contributed by atoms with van der Waals surface area (Å²) >= 11 is 6.17. The van der Waals surface area contributed by atoms with Crippen LogP contribution in [0.25, 0.3) is 10.9 Å². The van der Waals surface area contributed by atoms with Crippen LogP contribution >= 0.6 is 11.6 Å². The SMILES string of the molecule is COc1cc2c(Nc3cccc(O)c3Cl)ncnc2cc1OCc1cccnc1. The van der Waals surface area contributed by atoms with E-state index >= 15 is 0 Å². The Kier molecular flexibility index (Phi) is 5.31. The molecule has 0 saturated carbocycles. The topological polar surface area (TPSA) is 89.4 Å². The van der Waals surface area contributed by atoms with Crippen LogP contribution in [0, 0.1) is 0 Å². The quantitative estimate of drug-likeness (QED) is 0.477. The number of hydrogen-bond donors (Lipinski definition) is 2. The smallest absolute Gasteiger partial charge is 0.163 e. The summed E-state index contributed by atoms with van der Waals surface area (Å²) in [4.78, 5) is 12.7. The summed E-state index contributed by atoms with van der Waals surface area (Å²) in [5.41, 5.74) is 2.14. The number of aromatic nitrogens is 3. The summed E-state index contributed by atoms with van der Waals surface area (Å²) in [7, 11) is 1.57. The number of phenolic OH excluding ortho intramolecular Hbond substituents is 1. The van der Waals surface area contributed by atoms with Crippen molar-refractivity contribution in [1.29, 1.82) is 0 Å². The summed E-state index contributed by atoms with van der Waals surface area (Å²) in [5.74, 6) is 1.61. The Morgan fingerprint density at radius 3 is 2.79 bits per heavy atom. The van der Waals surface area contributed by atoms with Crippen LogP contribution in [-0.4, -0.2) is 27.2 Å². The largest absolute Gasteiger partial charge is 0.506 e. The zero-order valence-electron chi connectivity index (χ0n) is 15.5. The Morgan fingerprint density at radius 2 is 2.00 bits per heavy atom. The summed E-state index contributed by atoms with van der Waals surface area (Å²) in [6.45, 7) is 0.352. The predicted molar refractivity (Wildman–Crippen MR) is 111 cm³/mol. The molecule has 0 amide bonds. The molecule has 2 N–H and O–H groups in total. The number of pyridine rings is 1. The van der Waals surface area contributed by atoms with E-state index in [-0.39, 0.29) is 10.8 Å². The molecule has 7 nitrogen and oxygen atoms in total. The Bertz CT molecular complexity index is 1160. The van der Waals surface area contributed by atoms with E-state index in [0.29, 0.717) is 35.1 Å². The van der Waals surface area contributed by atoms with Gasteiger partial charge in [-0.05, 0) is 24.3 Å². The van der Waals surface area contributed by atoms with Crippen molar-refractivity contribution < 1.29 is 14.6 Å². The van der Waals surface area contributed by atoms with Gasteiger partial charge in [0.2, 0.25) is 0 Å². The number of hydrogen-bond acceptors (Lipinski definition) is 7. The van der Waals surface area contributed by atoms with Crippen molar-refractivity contribution in [2.45, 2.75) is 6.61 Å². The van der Waals surface area contributed by atoms with Crippen LogP contribution < -0.4 is 14.8 Å². The molecule has 8 heteroatoms. The van der Waals surface area contributed by atoms with Gasteiger partial charge in [-0.2, -0.15) is 0 Å². The van der Waals surface area contributed by atoms with Crippen molar-refractivity contribution in [3.63, 3.8) is 0 Å². The molecule has 0 aliphatic carbocycles. The normalized spacial score (nSPS) is 10.7. The van der Waals surface area contributed by atoms with Crippen LogP contribution in [0.2, 0.25) is 5.02 Å². The molecule has 2 aromatic carbocycles. The maximum absolute atomic E-state index is 9.82. The second-order valence-corrected chi connectivity index (χ2v) is 6.53. The minimum absolute atomic E-state index is 0.0151. The standard InChI is InChI=1S/C21H17ClN4O3/c1-28-18-8-14-16(9-19(18)29-11-13-4-3-7-23-10-13)24-12-25-21(14)26-15-5-2-6-17(27)20(15)22/h2-10,12,27H,11H2,1H3,(H,24,25,26). The number of halogens is 1. The molecule has 0 aliphatic heterocycles. The first-order valence-corrected chi connectivity index (χ1v) is 9.12. The van der Waals surface area contributed by atoms with Crippen molar-refractivity contribution in [2.75, 3.05) is 12.4 Å². The molecule has 2 aromatic heterocycles. The van der Waals surface area contributed by atoms with Gasteiger partial charge in [-0.15, -0.1) is 0 Å². The van der Waals surface area contributed by atoms with Gasteiger partial charge in [-0.1, -0.05) is 23.7 Å². The molecule has 4 rings (SSSR count). The lowest BCUT2D eigenvalue weighted by Gasteiger charge is -2.14. The Balaban J connectivity index is 1.68. The molecule has 29 heavy (non-hydrogen) atoms. The number of anilines is 2. The fourth-order valence-corrected chi connectivity index (χ4v) is 3.00. The zero-order valence-corrected chi connectivity index (χ0v) is 16.2. The fraction of sp³-hybridized carbons (Fsp3) is 0.0952. The average Bonchev–Trinajstić information content (AvgIpc) is 2.75. The Hall–Kier alpha value is -3.58. The number of aromatic hydroxyl groups is 1. The number of nitrogens with zero attached hydrogens (tertiary/aromatic N) is 3. The third-order valence-electron chi connectivity index (χ3n) is 4.27. The molecule has 2 heterocycles. The molecule has 146 valence electrons. The predicted octanol–water partition coefficient (Wildman–Crippen LogP) is 4.72. The van der Waals surface area contributed by atoms with Gasteiger partial charge in [-0.3, -0.25) is 4.98 Å². The molecule has 0 atom stereocenters. The van der Waals surface area contributed by atoms with E-state index in [2.05, 4.69) is 20.3 Å². The first-order chi connectivity index (χ1) is 14.2. The first-order valence-electron chi connectivity index (χ1n) is 8.74. The molecule has 4 aromatic rings. The summed E-state index contributed by atoms with van der Waals surface area (Å²) < 4.78 is 11.4. The van der Waals surface area contributed by atoms with Crippen LogP contribution in [0.5, 0.6) is 17.2 Å². The van der Waals surface area contributed by atoms with Gasteiger partial charge in [-0.25, -0.2) is 9.97 Å². The van der Waals surface area contributed by atoms with Crippen LogP contribution in [0.3, 0.4) is 0 Å². The summed E-state index contributed by atoms with van der Waals surface area (Å²) in [6, 6.07) is 12.3. The van der Waals surface area contributed by atoms with Crippen LogP contribution in [0.1, 0.15) is 5.56 Å². The van der Waals surface area contributed by atoms with Crippen molar-refractivity contribution in [3.8, 4) is 17.2 Å². The summed E-state index contributed by atoms with van der Waals surface area (Å²) in [5, 5.41) is 13.9. The number of ether oxygens (including phenoxy) is 2. The minimum atomic E-state index is -0.0151. The lowest BCUT2D eigenvalue weighted by molar-refractivity contribution is 0.284. The highest BCUT2D eigenvalue weighted by Gasteiger charge is 2.13. The first kappa shape index (κ1) is 18.8. The fourth-order valence-electron chi connectivity index (χ4n) is 2.82. The van der Waals surface area contributed by atoms with Crippen molar-refractivity contribution in [1.82, 2.24) is 15.0 Å². The highest BCUT2D eigenvalue weighted by atomic mass is 35.5. The van der Waals surface area contributed by atoms with E-state index in [0.717, 1.165) is 10.9 Å². The number of fused-ring (bicyclic) bond motifs is 1. The number of benzene rings is 2. The van der Waals surface area contributed by atoms with Crippen LogP contribution in [0.4, 0.5) is 11.5 Å². The molecule has 0 spiro atoms. The highest BCUT2D eigenvalue weighted by Crippen LogP contribution is 2.37. The van der Waals surface area contributed by atoms with Gasteiger partial charge in [0, 0.05) is 29.4 Å². The second kappa shape index (κ2) is 8.20. The number of nitrogens with one attached hydrogen (secondary N) is 1. The third-order valence-corrected chi connectivity index (χ3v) is 4.67. The van der Waals surface area contributed by atoms with Crippen LogP contribution in [0.15, 0.2) is 61.2 Å². The maximum Gasteiger partial charge on any atom is 0.163 e. The third kappa shape index (κ3) is 4.00. The van der Waals surface area contributed by atoms with E-state index < -0.39 is 0 Å². The molecular weight excluding hydrogens is 392 g/mol. The highest BCUT2D eigenvalue weighted by molar-refractivity contribution is 6.34. The van der Waals surface area contributed by atoms with E-state index in [1.54, 1.807) is 43.8 Å². The van der Waals surface area contributed by atoms with E-state index in [1.807, 2.05) is 12.1 Å². The number of methoxy groups -OCH3 is 1. The number of rotatable bonds is 6. The van der Waals surface area contributed by atoms with Crippen LogP contribution in [-0.2, 0) is 6.61 Å². The molecule has 0 bridgehead atoms. The van der Waals surface area contributed by atoms with Gasteiger partial charge >= 0.3 is 0 Å². The van der Waals surface area contributed by atoms with Gasteiger partial charge < -0.3 is 19.9 Å². The van der Waals surface area contributed by atoms with Gasteiger partial charge in [0.05, 0.1) is 18.3 Å². The van der Waals surface area contributed by atoms with Crippen molar-refractivity contribution in [3.05, 3.63) is 71.8 Å². The zero-order chi connectivity index (χ0) is 20.2. The monoisotopic (exact) mass is 408 g/mol. The molecule has 0 radical (unpaired) electrons. The number of phenols is 1.